The van der Waals surface area contributed by atoms with E-state index in [2.05, 4.69) is 15.2 Å². The molecule has 2 saturated carbocycles. The average Bonchev–Trinajstić information content (AvgIpc) is 3.15. The number of carbonyl (C=O) groups is 1. The predicted octanol–water partition coefficient (Wildman–Crippen LogP) is 2.12. The van der Waals surface area contributed by atoms with Crippen molar-refractivity contribution in [3.05, 3.63) is 16.1 Å². The lowest BCUT2D eigenvalue weighted by atomic mass is 9.91. The number of thiazole rings is 1. The molecule has 5 heteroatoms. The average molecular weight is 291 g/mol. The Labute approximate surface area is 123 Å². The van der Waals surface area contributed by atoms with Crippen LogP contribution in [-0.4, -0.2) is 34.9 Å². The van der Waals surface area contributed by atoms with E-state index < -0.39 is 0 Å². The molecular formula is C15H21N3OS. The summed E-state index contributed by atoms with van der Waals surface area (Å²) in [6.45, 7) is 0.848. The van der Waals surface area contributed by atoms with Crippen molar-refractivity contribution in [1.29, 1.82) is 0 Å². The standard InChI is InChI=1S/C15H21N3OS/c1-16-12-13-11(17-9-20-13)4-7-18(14(12)19)15-5-2-10(8-15)3-6-15/h9-10,12,16H,2-8H2,1H3. The molecule has 0 aromatic carbocycles. The van der Waals surface area contributed by atoms with Crippen molar-refractivity contribution in [2.45, 2.75) is 50.1 Å². The van der Waals surface area contributed by atoms with E-state index in [-0.39, 0.29) is 17.5 Å². The summed E-state index contributed by atoms with van der Waals surface area (Å²) in [7, 11) is 1.89. The molecule has 20 heavy (non-hydrogen) atoms. The first-order valence-corrected chi connectivity index (χ1v) is 8.52. The van der Waals surface area contributed by atoms with Gasteiger partial charge in [0.25, 0.3) is 0 Å². The molecule has 0 spiro atoms. The molecule has 2 heterocycles. The van der Waals surface area contributed by atoms with Crippen molar-refractivity contribution in [2.75, 3.05) is 13.6 Å². The van der Waals surface area contributed by atoms with Gasteiger partial charge in [-0.2, -0.15) is 0 Å². The van der Waals surface area contributed by atoms with Gasteiger partial charge in [-0.25, -0.2) is 4.98 Å². The van der Waals surface area contributed by atoms with Crippen molar-refractivity contribution in [3.8, 4) is 0 Å². The van der Waals surface area contributed by atoms with E-state index in [1.165, 1.54) is 32.1 Å². The van der Waals surface area contributed by atoms with Gasteiger partial charge < -0.3 is 10.2 Å². The van der Waals surface area contributed by atoms with Crippen LogP contribution in [0.1, 0.15) is 48.7 Å². The minimum absolute atomic E-state index is 0.172. The third kappa shape index (κ3) is 1.69. The van der Waals surface area contributed by atoms with Crippen LogP contribution in [0.15, 0.2) is 5.51 Å². The van der Waals surface area contributed by atoms with E-state index in [9.17, 15) is 4.79 Å². The molecule has 4 rings (SSSR count). The minimum Gasteiger partial charge on any atom is -0.335 e. The van der Waals surface area contributed by atoms with Gasteiger partial charge in [-0.15, -0.1) is 11.3 Å². The molecule has 1 aliphatic heterocycles. The van der Waals surface area contributed by atoms with Crippen LogP contribution in [0.5, 0.6) is 0 Å². The second-order valence-electron chi connectivity index (χ2n) is 6.50. The van der Waals surface area contributed by atoms with E-state index in [1.807, 2.05) is 12.6 Å². The van der Waals surface area contributed by atoms with E-state index in [0.717, 1.165) is 29.5 Å². The lowest BCUT2D eigenvalue weighted by Gasteiger charge is -2.40. The molecule has 2 bridgehead atoms. The zero-order valence-corrected chi connectivity index (χ0v) is 12.7. The Balaban J connectivity index is 1.69. The molecule has 0 radical (unpaired) electrons. The maximum atomic E-state index is 13.0. The zero-order chi connectivity index (χ0) is 13.7. The Hall–Kier alpha value is -0.940. The molecular weight excluding hydrogens is 270 g/mol. The third-order valence-electron chi connectivity index (χ3n) is 5.59. The van der Waals surface area contributed by atoms with Gasteiger partial charge in [0.05, 0.1) is 16.1 Å². The van der Waals surface area contributed by atoms with Crippen LogP contribution in [0.25, 0.3) is 0 Å². The van der Waals surface area contributed by atoms with Crippen LogP contribution in [-0.2, 0) is 11.2 Å². The number of likely N-dealkylation sites (N-methyl/N-ethyl adjacent to an activating group) is 1. The SMILES string of the molecule is CNC1C(=O)N(C23CCC(CC2)C3)CCc2ncsc21. The first-order chi connectivity index (χ1) is 9.73. The van der Waals surface area contributed by atoms with E-state index in [0.29, 0.717) is 0 Å². The molecule has 1 N–H and O–H groups in total. The van der Waals surface area contributed by atoms with E-state index >= 15 is 0 Å². The first-order valence-electron chi connectivity index (χ1n) is 7.64. The summed E-state index contributed by atoms with van der Waals surface area (Å²) in [4.78, 5) is 20.9. The summed E-state index contributed by atoms with van der Waals surface area (Å²) in [6, 6.07) is -0.186. The highest BCUT2D eigenvalue weighted by atomic mass is 32.1. The third-order valence-corrected chi connectivity index (χ3v) is 6.52. The monoisotopic (exact) mass is 291 g/mol. The van der Waals surface area contributed by atoms with Crippen molar-refractivity contribution >= 4 is 17.2 Å². The summed E-state index contributed by atoms with van der Waals surface area (Å²) < 4.78 is 0. The van der Waals surface area contributed by atoms with Crippen LogP contribution in [0, 0.1) is 5.92 Å². The topological polar surface area (TPSA) is 45.2 Å². The lowest BCUT2D eigenvalue weighted by molar-refractivity contribution is -0.139. The van der Waals surface area contributed by atoms with Crippen molar-refractivity contribution in [1.82, 2.24) is 15.2 Å². The number of hydrogen-bond donors (Lipinski definition) is 1. The molecule has 2 fully saturated rings. The quantitative estimate of drug-likeness (QED) is 0.908. The Morgan fingerprint density at radius 1 is 1.45 bits per heavy atom. The van der Waals surface area contributed by atoms with Crippen molar-refractivity contribution < 1.29 is 4.79 Å². The maximum Gasteiger partial charge on any atom is 0.245 e. The molecule has 1 aromatic rings. The number of hydrogen-bond acceptors (Lipinski definition) is 4. The summed E-state index contributed by atoms with van der Waals surface area (Å²) in [5.74, 6) is 1.14. The molecule has 108 valence electrons. The number of rotatable bonds is 2. The summed E-state index contributed by atoms with van der Waals surface area (Å²) in [6.07, 6.45) is 7.19. The van der Waals surface area contributed by atoms with Crippen molar-refractivity contribution in [2.24, 2.45) is 5.92 Å². The number of aromatic nitrogens is 1. The van der Waals surface area contributed by atoms with Gasteiger partial charge in [0.15, 0.2) is 0 Å². The lowest BCUT2D eigenvalue weighted by Crippen LogP contribution is -2.52. The fraction of sp³-hybridized carbons (Fsp3) is 0.733. The van der Waals surface area contributed by atoms with Gasteiger partial charge in [0, 0.05) is 18.5 Å². The minimum atomic E-state index is -0.186. The highest BCUT2D eigenvalue weighted by Crippen LogP contribution is 2.52. The highest BCUT2D eigenvalue weighted by molar-refractivity contribution is 7.10. The Kier molecular flexibility index (Phi) is 2.89. The highest BCUT2D eigenvalue weighted by Gasteiger charge is 2.51. The van der Waals surface area contributed by atoms with Gasteiger partial charge in [0.1, 0.15) is 6.04 Å². The number of nitrogens with zero attached hydrogens (tertiary/aromatic N) is 2. The van der Waals surface area contributed by atoms with Crippen LogP contribution in [0.2, 0.25) is 0 Å². The van der Waals surface area contributed by atoms with Gasteiger partial charge in [-0.05, 0) is 45.1 Å². The summed E-state index contributed by atoms with van der Waals surface area (Å²) >= 11 is 1.62. The van der Waals surface area contributed by atoms with Crippen LogP contribution < -0.4 is 5.32 Å². The Morgan fingerprint density at radius 3 is 2.90 bits per heavy atom. The molecule has 3 aliphatic rings. The maximum absolute atomic E-state index is 13.0. The van der Waals surface area contributed by atoms with Crippen LogP contribution in [0.3, 0.4) is 0 Å². The van der Waals surface area contributed by atoms with Crippen LogP contribution >= 0.6 is 11.3 Å². The first kappa shape index (κ1) is 12.8. The predicted molar refractivity (Wildman–Crippen MR) is 78.6 cm³/mol. The molecule has 0 saturated heterocycles. The summed E-state index contributed by atoms with van der Waals surface area (Å²) in [5, 5.41) is 3.22. The van der Waals surface area contributed by atoms with Gasteiger partial charge in [-0.1, -0.05) is 0 Å². The fourth-order valence-electron chi connectivity index (χ4n) is 4.56. The molecule has 1 atom stereocenters. The summed E-state index contributed by atoms with van der Waals surface area (Å²) in [5.41, 5.74) is 3.16. The molecule has 1 aromatic heterocycles. The van der Waals surface area contributed by atoms with E-state index in [4.69, 9.17) is 0 Å². The number of carbonyl (C=O) groups excluding carboxylic acids is 1. The molecule has 1 unspecified atom stereocenters. The van der Waals surface area contributed by atoms with E-state index in [1.54, 1.807) is 11.3 Å². The molecule has 1 amide bonds. The molecule has 2 aliphatic carbocycles. The van der Waals surface area contributed by atoms with Gasteiger partial charge in [0.2, 0.25) is 5.91 Å². The normalized spacial score (nSPS) is 36.2. The van der Waals surface area contributed by atoms with Gasteiger partial charge >= 0.3 is 0 Å². The number of nitrogens with one attached hydrogen (secondary N) is 1. The van der Waals surface area contributed by atoms with Crippen molar-refractivity contribution in [3.63, 3.8) is 0 Å². The second kappa shape index (κ2) is 4.53. The molecule has 4 nitrogen and oxygen atoms in total. The largest absolute Gasteiger partial charge is 0.335 e. The fourth-order valence-corrected chi connectivity index (χ4v) is 5.50. The Morgan fingerprint density at radius 2 is 2.25 bits per heavy atom. The second-order valence-corrected chi connectivity index (χ2v) is 7.38. The van der Waals surface area contributed by atoms with Crippen LogP contribution in [0.4, 0.5) is 0 Å². The zero-order valence-electron chi connectivity index (χ0n) is 11.9. The number of fused-ring (bicyclic) bond motifs is 3. The smallest absolute Gasteiger partial charge is 0.245 e. The Bertz CT molecular complexity index is 533. The van der Waals surface area contributed by atoms with Gasteiger partial charge in [-0.3, -0.25) is 4.79 Å². The number of amides is 1.